The lowest BCUT2D eigenvalue weighted by molar-refractivity contribution is -0.122. The molecule has 5 nitrogen and oxygen atoms in total. The van der Waals surface area contributed by atoms with E-state index >= 15 is 0 Å². The molecule has 0 fully saturated rings. The molecule has 0 aliphatic carbocycles. The maximum Gasteiger partial charge on any atom is 0.237 e. The summed E-state index contributed by atoms with van der Waals surface area (Å²) >= 11 is 0. The fourth-order valence-corrected chi connectivity index (χ4v) is 1.98. The SMILES string of the molecule is CCC[C@H](N)C(=O)NCc1ccc(-c2ccn[nH]2)cc1. The predicted octanol–water partition coefficient (Wildman–Crippen LogP) is 1.82. The largest absolute Gasteiger partial charge is 0.351 e. The van der Waals surface area contributed by atoms with Crippen LogP contribution in [0.2, 0.25) is 0 Å². The van der Waals surface area contributed by atoms with E-state index in [0.29, 0.717) is 13.0 Å². The summed E-state index contributed by atoms with van der Waals surface area (Å²) in [5.74, 6) is -0.0931. The summed E-state index contributed by atoms with van der Waals surface area (Å²) < 4.78 is 0. The van der Waals surface area contributed by atoms with Gasteiger partial charge in [-0.2, -0.15) is 5.10 Å². The van der Waals surface area contributed by atoms with Gasteiger partial charge >= 0.3 is 0 Å². The maximum atomic E-state index is 11.7. The number of aromatic nitrogens is 2. The lowest BCUT2D eigenvalue weighted by atomic mass is 10.1. The zero-order valence-corrected chi connectivity index (χ0v) is 11.6. The van der Waals surface area contributed by atoms with Crippen molar-refractivity contribution < 1.29 is 4.79 Å². The van der Waals surface area contributed by atoms with Crippen molar-refractivity contribution in [2.24, 2.45) is 5.73 Å². The van der Waals surface area contributed by atoms with Crippen LogP contribution >= 0.6 is 0 Å². The Hall–Kier alpha value is -2.14. The highest BCUT2D eigenvalue weighted by atomic mass is 16.2. The molecule has 0 saturated carbocycles. The Morgan fingerprint density at radius 2 is 2.10 bits per heavy atom. The Bertz CT molecular complexity index is 534. The summed E-state index contributed by atoms with van der Waals surface area (Å²) in [6.45, 7) is 2.51. The van der Waals surface area contributed by atoms with E-state index < -0.39 is 6.04 Å². The average molecular weight is 272 g/mol. The Balaban J connectivity index is 1.90. The molecule has 0 aliphatic rings. The molecule has 2 rings (SSSR count). The highest BCUT2D eigenvalue weighted by Crippen LogP contribution is 2.16. The molecule has 1 heterocycles. The van der Waals surface area contributed by atoms with Gasteiger partial charge in [0.25, 0.3) is 0 Å². The number of hydrogen-bond donors (Lipinski definition) is 3. The van der Waals surface area contributed by atoms with Crippen molar-refractivity contribution in [1.82, 2.24) is 15.5 Å². The van der Waals surface area contributed by atoms with Crippen LogP contribution in [0.1, 0.15) is 25.3 Å². The molecule has 0 aliphatic heterocycles. The second-order valence-electron chi connectivity index (χ2n) is 4.78. The van der Waals surface area contributed by atoms with Crippen LogP contribution in [0.3, 0.4) is 0 Å². The van der Waals surface area contributed by atoms with E-state index in [1.54, 1.807) is 6.20 Å². The van der Waals surface area contributed by atoms with Crippen LogP contribution in [0.5, 0.6) is 0 Å². The van der Waals surface area contributed by atoms with Gasteiger partial charge in [0.2, 0.25) is 5.91 Å². The molecule has 0 saturated heterocycles. The first-order valence-electron chi connectivity index (χ1n) is 6.82. The van der Waals surface area contributed by atoms with Crippen LogP contribution in [-0.4, -0.2) is 22.1 Å². The minimum Gasteiger partial charge on any atom is -0.351 e. The molecule has 1 aromatic heterocycles. The van der Waals surface area contributed by atoms with Gasteiger partial charge in [-0.3, -0.25) is 9.89 Å². The minimum absolute atomic E-state index is 0.0931. The highest BCUT2D eigenvalue weighted by molar-refractivity contribution is 5.81. The summed E-state index contributed by atoms with van der Waals surface area (Å²) in [7, 11) is 0. The van der Waals surface area contributed by atoms with E-state index in [1.807, 2.05) is 37.3 Å². The van der Waals surface area contributed by atoms with Gasteiger partial charge in [0.1, 0.15) is 0 Å². The van der Waals surface area contributed by atoms with Crippen LogP contribution in [0, 0.1) is 0 Å². The van der Waals surface area contributed by atoms with E-state index in [9.17, 15) is 4.79 Å². The molecular weight excluding hydrogens is 252 g/mol. The van der Waals surface area contributed by atoms with Crippen molar-refractivity contribution in [1.29, 1.82) is 0 Å². The first kappa shape index (κ1) is 14.3. The molecule has 1 amide bonds. The number of nitrogens with zero attached hydrogens (tertiary/aromatic N) is 1. The average Bonchev–Trinajstić information content (AvgIpc) is 2.99. The fourth-order valence-electron chi connectivity index (χ4n) is 1.98. The topological polar surface area (TPSA) is 83.8 Å². The molecule has 5 heteroatoms. The van der Waals surface area contributed by atoms with E-state index in [0.717, 1.165) is 23.2 Å². The number of nitrogens with two attached hydrogens (primary N) is 1. The number of nitrogens with one attached hydrogen (secondary N) is 2. The third-order valence-corrected chi connectivity index (χ3v) is 3.17. The monoisotopic (exact) mass is 272 g/mol. The van der Waals surface area contributed by atoms with Crippen LogP contribution < -0.4 is 11.1 Å². The predicted molar refractivity (Wildman–Crippen MR) is 78.8 cm³/mol. The Morgan fingerprint density at radius 3 is 2.70 bits per heavy atom. The third kappa shape index (κ3) is 3.68. The molecule has 1 atom stereocenters. The summed E-state index contributed by atoms with van der Waals surface area (Å²) in [4.78, 5) is 11.7. The van der Waals surface area contributed by atoms with Gasteiger partial charge in [0.05, 0.1) is 11.7 Å². The number of carbonyl (C=O) groups excluding carboxylic acids is 1. The Kier molecular flexibility index (Phi) is 4.90. The van der Waals surface area contributed by atoms with Crippen molar-refractivity contribution >= 4 is 5.91 Å². The van der Waals surface area contributed by atoms with Gasteiger partial charge in [0.15, 0.2) is 0 Å². The molecule has 0 radical (unpaired) electrons. The summed E-state index contributed by atoms with van der Waals surface area (Å²) in [6, 6.07) is 9.48. The van der Waals surface area contributed by atoms with Crippen molar-refractivity contribution in [3.63, 3.8) is 0 Å². The zero-order valence-electron chi connectivity index (χ0n) is 11.6. The van der Waals surface area contributed by atoms with E-state index in [2.05, 4.69) is 15.5 Å². The standard InChI is InChI=1S/C15H20N4O/c1-2-3-13(16)15(20)17-10-11-4-6-12(7-5-11)14-8-9-18-19-14/h4-9,13H,2-3,10,16H2,1H3,(H,17,20)(H,18,19)/t13-/m0/s1. The second-order valence-corrected chi connectivity index (χ2v) is 4.78. The number of H-pyrrole nitrogens is 1. The summed E-state index contributed by atoms with van der Waals surface area (Å²) in [5.41, 5.74) is 8.85. The van der Waals surface area contributed by atoms with Crippen molar-refractivity contribution in [2.75, 3.05) is 0 Å². The van der Waals surface area contributed by atoms with Crippen LogP contribution in [0.15, 0.2) is 36.5 Å². The van der Waals surface area contributed by atoms with Gasteiger partial charge < -0.3 is 11.1 Å². The van der Waals surface area contributed by atoms with Crippen molar-refractivity contribution in [3.05, 3.63) is 42.1 Å². The number of benzene rings is 1. The lowest BCUT2D eigenvalue weighted by Crippen LogP contribution is -2.40. The number of hydrogen-bond acceptors (Lipinski definition) is 3. The normalized spacial score (nSPS) is 12.1. The molecule has 0 spiro atoms. The molecular formula is C15H20N4O. The lowest BCUT2D eigenvalue weighted by Gasteiger charge is -2.11. The van der Waals surface area contributed by atoms with Crippen LogP contribution in [0.4, 0.5) is 0 Å². The second kappa shape index (κ2) is 6.86. The third-order valence-electron chi connectivity index (χ3n) is 3.17. The van der Waals surface area contributed by atoms with E-state index in [-0.39, 0.29) is 5.91 Å². The molecule has 106 valence electrons. The minimum atomic E-state index is -0.413. The van der Waals surface area contributed by atoms with Crippen LogP contribution in [0.25, 0.3) is 11.3 Å². The molecule has 2 aromatic rings. The van der Waals surface area contributed by atoms with E-state index in [1.165, 1.54) is 0 Å². The smallest absolute Gasteiger partial charge is 0.237 e. The Labute approximate surface area is 118 Å². The fraction of sp³-hybridized carbons (Fsp3) is 0.333. The van der Waals surface area contributed by atoms with Crippen molar-refractivity contribution in [2.45, 2.75) is 32.4 Å². The zero-order chi connectivity index (χ0) is 14.4. The number of aromatic amines is 1. The summed E-state index contributed by atoms with van der Waals surface area (Å²) in [6.07, 6.45) is 3.34. The number of rotatable bonds is 6. The van der Waals surface area contributed by atoms with Gasteiger partial charge in [-0.25, -0.2) is 0 Å². The summed E-state index contributed by atoms with van der Waals surface area (Å²) in [5, 5.41) is 9.69. The number of carbonyl (C=O) groups is 1. The molecule has 1 aromatic carbocycles. The van der Waals surface area contributed by atoms with Gasteiger partial charge in [-0.05, 0) is 23.6 Å². The number of amides is 1. The first-order valence-corrected chi connectivity index (χ1v) is 6.82. The Morgan fingerprint density at radius 1 is 1.35 bits per heavy atom. The maximum absolute atomic E-state index is 11.7. The highest BCUT2D eigenvalue weighted by Gasteiger charge is 2.11. The first-order chi connectivity index (χ1) is 9.70. The molecule has 20 heavy (non-hydrogen) atoms. The molecule has 0 bridgehead atoms. The molecule has 0 unspecified atom stereocenters. The van der Waals surface area contributed by atoms with E-state index in [4.69, 9.17) is 5.73 Å². The van der Waals surface area contributed by atoms with Gasteiger partial charge in [-0.1, -0.05) is 37.6 Å². The quantitative estimate of drug-likeness (QED) is 0.750. The van der Waals surface area contributed by atoms with Gasteiger partial charge in [-0.15, -0.1) is 0 Å². The van der Waals surface area contributed by atoms with Gasteiger partial charge in [0, 0.05) is 12.7 Å². The van der Waals surface area contributed by atoms with Crippen molar-refractivity contribution in [3.8, 4) is 11.3 Å². The molecule has 4 N–H and O–H groups in total. The van der Waals surface area contributed by atoms with Crippen LogP contribution in [-0.2, 0) is 11.3 Å².